The van der Waals surface area contributed by atoms with Gasteiger partial charge in [-0.25, -0.2) is 4.79 Å². The van der Waals surface area contributed by atoms with Crippen molar-refractivity contribution < 1.29 is 14.3 Å². The Kier molecular flexibility index (Phi) is 5.59. The average molecular weight is 298 g/mol. The Labute approximate surface area is 131 Å². The Morgan fingerprint density at radius 1 is 1.00 bits per heavy atom. The van der Waals surface area contributed by atoms with Crippen LogP contribution in [0.4, 0.5) is 0 Å². The molecule has 116 valence electrons. The standard InChI is InChI=1S/C19H22O3/c1-14(2)16-9-11-17(12-10-16)22-18(19(20)21-3)13-15-7-5-4-6-8-15/h4-12,14,18H,13H2,1-3H3/t18-/m0/s1. The Morgan fingerprint density at radius 3 is 2.18 bits per heavy atom. The van der Waals surface area contributed by atoms with Gasteiger partial charge in [0.25, 0.3) is 0 Å². The van der Waals surface area contributed by atoms with Crippen LogP contribution in [0.1, 0.15) is 30.9 Å². The number of benzene rings is 2. The Morgan fingerprint density at radius 2 is 1.64 bits per heavy atom. The molecule has 0 aromatic heterocycles. The van der Waals surface area contributed by atoms with E-state index in [9.17, 15) is 4.79 Å². The fraction of sp³-hybridized carbons (Fsp3) is 0.316. The summed E-state index contributed by atoms with van der Waals surface area (Å²) in [4.78, 5) is 11.9. The molecule has 0 amide bonds. The van der Waals surface area contributed by atoms with Gasteiger partial charge in [0, 0.05) is 6.42 Å². The van der Waals surface area contributed by atoms with Crippen molar-refractivity contribution in [1.29, 1.82) is 0 Å². The van der Waals surface area contributed by atoms with E-state index in [4.69, 9.17) is 9.47 Å². The largest absolute Gasteiger partial charge is 0.478 e. The molecular weight excluding hydrogens is 276 g/mol. The van der Waals surface area contributed by atoms with Crippen LogP contribution in [0.15, 0.2) is 54.6 Å². The summed E-state index contributed by atoms with van der Waals surface area (Å²) in [7, 11) is 1.38. The molecule has 0 heterocycles. The molecule has 0 spiro atoms. The summed E-state index contributed by atoms with van der Waals surface area (Å²) >= 11 is 0. The summed E-state index contributed by atoms with van der Waals surface area (Å²) < 4.78 is 10.7. The van der Waals surface area contributed by atoms with Gasteiger partial charge in [-0.2, -0.15) is 0 Å². The number of hydrogen-bond donors (Lipinski definition) is 0. The van der Waals surface area contributed by atoms with Crippen LogP contribution in [-0.4, -0.2) is 19.2 Å². The van der Waals surface area contributed by atoms with Gasteiger partial charge in [-0.15, -0.1) is 0 Å². The second-order valence-electron chi connectivity index (χ2n) is 5.54. The van der Waals surface area contributed by atoms with Crippen molar-refractivity contribution in [2.45, 2.75) is 32.3 Å². The molecule has 0 aliphatic heterocycles. The smallest absolute Gasteiger partial charge is 0.347 e. The molecule has 0 fully saturated rings. The molecule has 22 heavy (non-hydrogen) atoms. The predicted octanol–water partition coefficient (Wildman–Crippen LogP) is 3.97. The monoisotopic (exact) mass is 298 g/mol. The van der Waals surface area contributed by atoms with Crippen LogP contribution in [0.5, 0.6) is 5.75 Å². The van der Waals surface area contributed by atoms with Crippen LogP contribution < -0.4 is 4.74 Å². The highest BCUT2D eigenvalue weighted by atomic mass is 16.6. The van der Waals surface area contributed by atoms with Crippen LogP contribution in [-0.2, 0) is 16.0 Å². The molecule has 0 radical (unpaired) electrons. The summed E-state index contributed by atoms with van der Waals surface area (Å²) in [6.45, 7) is 4.28. The Hall–Kier alpha value is -2.29. The van der Waals surface area contributed by atoms with Crippen molar-refractivity contribution >= 4 is 5.97 Å². The van der Waals surface area contributed by atoms with Gasteiger partial charge < -0.3 is 9.47 Å². The molecule has 2 aromatic rings. The highest BCUT2D eigenvalue weighted by Gasteiger charge is 2.21. The average Bonchev–Trinajstić information content (AvgIpc) is 2.55. The van der Waals surface area contributed by atoms with E-state index in [0.717, 1.165) is 5.56 Å². The van der Waals surface area contributed by atoms with Gasteiger partial charge in [-0.05, 0) is 29.2 Å². The number of carbonyl (C=O) groups is 1. The highest BCUT2D eigenvalue weighted by Crippen LogP contribution is 2.20. The van der Waals surface area contributed by atoms with E-state index in [0.29, 0.717) is 18.1 Å². The van der Waals surface area contributed by atoms with Crippen LogP contribution in [0.2, 0.25) is 0 Å². The van der Waals surface area contributed by atoms with E-state index in [1.807, 2.05) is 54.6 Å². The maximum atomic E-state index is 11.9. The molecule has 3 nitrogen and oxygen atoms in total. The molecule has 0 N–H and O–H groups in total. The lowest BCUT2D eigenvalue weighted by atomic mass is 10.0. The topological polar surface area (TPSA) is 35.5 Å². The lowest BCUT2D eigenvalue weighted by Gasteiger charge is -2.17. The number of rotatable bonds is 6. The molecule has 0 unspecified atom stereocenters. The van der Waals surface area contributed by atoms with Crippen LogP contribution >= 0.6 is 0 Å². The number of esters is 1. The van der Waals surface area contributed by atoms with Crippen molar-refractivity contribution in [3.8, 4) is 5.75 Å². The Balaban J connectivity index is 2.11. The van der Waals surface area contributed by atoms with E-state index >= 15 is 0 Å². The minimum absolute atomic E-state index is 0.364. The maximum Gasteiger partial charge on any atom is 0.347 e. The lowest BCUT2D eigenvalue weighted by Crippen LogP contribution is -2.30. The predicted molar refractivity (Wildman–Crippen MR) is 87.1 cm³/mol. The van der Waals surface area contributed by atoms with Crippen molar-refractivity contribution in [2.24, 2.45) is 0 Å². The third kappa shape index (κ3) is 4.35. The number of carbonyl (C=O) groups excluding carboxylic acids is 1. The molecule has 0 saturated heterocycles. The van der Waals surface area contributed by atoms with Gasteiger partial charge in [0.2, 0.25) is 0 Å². The van der Waals surface area contributed by atoms with Gasteiger partial charge >= 0.3 is 5.97 Å². The molecule has 2 aromatic carbocycles. The first-order valence-corrected chi connectivity index (χ1v) is 7.48. The second kappa shape index (κ2) is 7.64. The van der Waals surface area contributed by atoms with Crippen molar-refractivity contribution in [2.75, 3.05) is 7.11 Å². The van der Waals surface area contributed by atoms with Crippen molar-refractivity contribution in [1.82, 2.24) is 0 Å². The van der Waals surface area contributed by atoms with Crippen molar-refractivity contribution in [3.63, 3.8) is 0 Å². The van der Waals surface area contributed by atoms with E-state index in [1.165, 1.54) is 12.7 Å². The lowest BCUT2D eigenvalue weighted by molar-refractivity contribution is -0.148. The van der Waals surface area contributed by atoms with Crippen LogP contribution in [0.3, 0.4) is 0 Å². The summed E-state index contributed by atoms with van der Waals surface area (Å²) in [5.41, 5.74) is 2.28. The van der Waals surface area contributed by atoms with E-state index in [1.54, 1.807) is 0 Å². The minimum atomic E-state index is -0.641. The first-order chi connectivity index (χ1) is 10.6. The Bertz CT molecular complexity index is 588. The number of methoxy groups -OCH3 is 1. The third-order valence-electron chi connectivity index (χ3n) is 3.55. The zero-order chi connectivity index (χ0) is 15.9. The normalized spacial score (nSPS) is 12.0. The second-order valence-corrected chi connectivity index (χ2v) is 5.54. The van der Waals surface area contributed by atoms with E-state index in [2.05, 4.69) is 13.8 Å². The summed E-state index contributed by atoms with van der Waals surface area (Å²) in [5, 5.41) is 0. The molecular formula is C19H22O3. The zero-order valence-corrected chi connectivity index (χ0v) is 13.3. The maximum absolute atomic E-state index is 11.9. The highest BCUT2D eigenvalue weighted by molar-refractivity contribution is 5.75. The number of ether oxygens (including phenoxy) is 2. The fourth-order valence-corrected chi connectivity index (χ4v) is 2.23. The molecule has 0 aliphatic carbocycles. The van der Waals surface area contributed by atoms with Crippen LogP contribution in [0.25, 0.3) is 0 Å². The molecule has 2 rings (SSSR count). The quantitative estimate of drug-likeness (QED) is 0.757. The first kappa shape index (κ1) is 16.1. The van der Waals surface area contributed by atoms with Gasteiger partial charge in [0.1, 0.15) is 5.75 Å². The molecule has 0 bridgehead atoms. The molecule has 3 heteroatoms. The molecule has 0 saturated carbocycles. The summed E-state index contributed by atoms with van der Waals surface area (Å²) in [6, 6.07) is 17.6. The minimum Gasteiger partial charge on any atom is -0.478 e. The molecule has 1 atom stereocenters. The summed E-state index contributed by atoms with van der Waals surface area (Å²) in [5.74, 6) is 0.780. The van der Waals surface area contributed by atoms with E-state index < -0.39 is 6.10 Å². The SMILES string of the molecule is COC(=O)[C@H](Cc1ccccc1)Oc1ccc(C(C)C)cc1. The first-order valence-electron chi connectivity index (χ1n) is 7.48. The van der Waals surface area contributed by atoms with Gasteiger partial charge in [0.15, 0.2) is 6.10 Å². The van der Waals surface area contributed by atoms with E-state index in [-0.39, 0.29) is 5.97 Å². The van der Waals surface area contributed by atoms with Crippen LogP contribution in [0, 0.1) is 0 Å². The van der Waals surface area contributed by atoms with Gasteiger partial charge in [-0.3, -0.25) is 0 Å². The third-order valence-corrected chi connectivity index (χ3v) is 3.55. The zero-order valence-electron chi connectivity index (χ0n) is 13.3. The fourth-order valence-electron chi connectivity index (χ4n) is 2.23. The van der Waals surface area contributed by atoms with Gasteiger partial charge in [0.05, 0.1) is 7.11 Å². The molecule has 0 aliphatic rings. The van der Waals surface area contributed by atoms with Crippen molar-refractivity contribution in [3.05, 3.63) is 65.7 Å². The number of hydrogen-bond acceptors (Lipinski definition) is 3. The van der Waals surface area contributed by atoms with Gasteiger partial charge in [-0.1, -0.05) is 56.3 Å². The summed E-state index contributed by atoms with van der Waals surface area (Å²) in [6.07, 6.45) is -0.156.